The van der Waals surface area contributed by atoms with E-state index in [0.29, 0.717) is 24.2 Å². The molecule has 6 atom stereocenters. The van der Waals surface area contributed by atoms with Gasteiger partial charge in [0.2, 0.25) is 0 Å². The van der Waals surface area contributed by atoms with Crippen LogP contribution in [-0.2, 0) is 19.1 Å². The Hall–Kier alpha value is -2.20. The molecule has 1 heterocycles. The summed E-state index contributed by atoms with van der Waals surface area (Å²) in [6, 6.07) is 4.73. The molecule has 2 aliphatic carbocycles. The molecular weight excluding hydrogens is 424 g/mol. The maximum absolute atomic E-state index is 12.5. The number of esters is 2. The number of hydrogen-bond donors (Lipinski definition) is 0. The molecule has 34 heavy (non-hydrogen) atoms. The van der Waals surface area contributed by atoms with Gasteiger partial charge >= 0.3 is 11.9 Å². The van der Waals surface area contributed by atoms with E-state index in [1.54, 1.807) is 0 Å². The lowest BCUT2D eigenvalue weighted by Crippen LogP contribution is -2.53. The van der Waals surface area contributed by atoms with Crippen molar-refractivity contribution in [1.82, 2.24) is 0 Å². The van der Waals surface area contributed by atoms with E-state index >= 15 is 0 Å². The second-order valence-corrected chi connectivity index (χ2v) is 11.3. The monoisotopic (exact) mass is 464 g/mol. The van der Waals surface area contributed by atoms with Crippen LogP contribution < -0.4 is 0 Å². The summed E-state index contributed by atoms with van der Waals surface area (Å²) in [4.78, 5) is 24.7. The van der Waals surface area contributed by atoms with Gasteiger partial charge < -0.3 is 9.47 Å². The van der Waals surface area contributed by atoms with Crippen LogP contribution in [0.4, 0.5) is 0 Å². The smallest absolute Gasteiger partial charge is 0.318 e. The van der Waals surface area contributed by atoms with E-state index in [0.717, 1.165) is 6.42 Å². The van der Waals surface area contributed by atoms with E-state index in [9.17, 15) is 9.59 Å². The predicted octanol–water partition coefficient (Wildman–Crippen LogP) is 6.97. The van der Waals surface area contributed by atoms with Crippen molar-refractivity contribution in [3.8, 4) is 0 Å². The van der Waals surface area contributed by atoms with Gasteiger partial charge in [-0.3, -0.25) is 9.59 Å². The third-order valence-corrected chi connectivity index (χ3v) is 8.14. The number of rotatable bonds is 8. The first-order valence-electron chi connectivity index (χ1n) is 13.0. The lowest BCUT2D eigenvalue weighted by molar-refractivity contribution is -0.155. The molecule has 1 aromatic rings. The summed E-state index contributed by atoms with van der Waals surface area (Å²) in [5, 5.41) is 0. The van der Waals surface area contributed by atoms with Crippen molar-refractivity contribution < 1.29 is 19.1 Å². The van der Waals surface area contributed by atoms with Crippen molar-refractivity contribution >= 4 is 11.9 Å². The molecule has 0 radical (unpaired) electrons. The Morgan fingerprint density at radius 2 is 1.59 bits per heavy atom. The summed E-state index contributed by atoms with van der Waals surface area (Å²) in [5.74, 6) is -0.0189. The van der Waals surface area contributed by atoms with Gasteiger partial charge in [-0.25, -0.2) is 0 Å². The zero-order chi connectivity index (χ0) is 24.9. The maximum atomic E-state index is 12.5. The van der Waals surface area contributed by atoms with E-state index in [-0.39, 0.29) is 47.8 Å². The zero-order valence-corrected chi connectivity index (χ0v) is 21.8. The second kappa shape index (κ2) is 9.45. The van der Waals surface area contributed by atoms with Crippen LogP contribution >= 0.6 is 0 Å². The number of allylic oxidation sites excluding steroid dienone is 2. The molecule has 1 aliphatic heterocycles. The third kappa shape index (κ3) is 4.08. The van der Waals surface area contributed by atoms with Gasteiger partial charge in [0, 0.05) is 5.92 Å². The van der Waals surface area contributed by atoms with Crippen LogP contribution in [0.25, 0.3) is 0 Å². The van der Waals surface area contributed by atoms with Gasteiger partial charge in [-0.15, -0.1) is 6.58 Å². The molecule has 1 aromatic carbocycles. The lowest BCUT2D eigenvalue weighted by atomic mass is 9.55. The minimum atomic E-state index is -0.367. The molecule has 184 valence electrons. The van der Waals surface area contributed by atoms with Crippen molar-refractivity contribution in [3.63, 3.8) is 0 Å². The highest BCUT2D eigenvalue weighted by Gasteiger charge is 2.60. The van der Waals surface area contributed by atoms with E-state index in [4.69, 9.17) is 9.47 Å². The van der Waals surface area contributed by atoms with Crippen molar-refractivity contribution in [2.24, 2.45) is 23.7 Å². The third-order valence-electron chi connectivity index (χ3n) is 8.14. The number of carbonyl (C=O) groups excluding carboxylic acids is 2. The van der Waals surface area contributed by atoms with Gasteiger partial charge in [-0.05, 0) is 71.3 Å². The number of carbonyl (C=O) groups is 2. The molecule has 2 fully saturated rings. The van der Waals surface area contributed by atoms with Crippen LogP contribution in [0.3, 0.4) is 0 Å². The van der Waals surface area contributed by atoms with E-state index in [1.165, 1.54) is 27.8 Å². The van der Waals surface area contributed by atoms with Gasteiger partial charge in [0.1, 0.15) is 0 Å². The number of ether oxygens (including phenoxy) is 2. The highest BCUT2D eigenvalue weighted by molar-refractivity contribution is 5.97. The van der Waals surface area contributed by atoms with Gasteiger partial charge in [-0.2, -0.15) is 0 Å². The minimum Gasteiger partial charge on any atom is -0.393 e. The summed E-state index contributed by atoms with van der Waals surface area (Å²) >= 11 is 0. The summed E-state index contributed by atoms with van der Waals surface area (Å²) in [6.45, 7) is 19.6. The molecule has 4 nitrogen and oxygen atoms in total. The standard InChI is InChI=1S/C30H40O4/c1-9-10-20-26-21(11-12-22-27(26)30(32)34-29(22)31)28(20)33-18(8)25-23(16(4)5)13-19(15(2)3)14-24(25)17(6)7/h9,11,13-18,20,22,26-28H,1,10,12H2,2-8H3/t18-,20-,22+,26-,27+,28-/m1/s1. The summed E-state index contributed by atoms with van der Waals surface area (Å²) in [5.41, 5.74) is 6.58. The fourth-order valence-electron chi connectivity index (χ4n) is 6.35. The molecule has 3 aliphatic rings. The average Bonchev–Trinajstić information content (AvgIpc) is 3.06. The summed E-state index contributed by atoms with van der Waals surface area (Å²) < 4.78 is 11.9. The Morgan fingerprint density at radius 1 is 0.971 bits per heavy atom. The first-order chi connectivity index (χ1) is 16.1. The van der Waals surface area contributed by atoms with Crippen LogP contribution in [0.15, 0.2) is 36.4 Å². The maximum Gasteiger partial charge on any atom is 0.318 e. The number of cyclic esters (lactones) is 2. The summed E-state index contributed by atoms with van der Waals surface area (Å²) in [7, 11) is 0. The molecule has 0 aromatic heterocycles. The fourth-order valence-corrected chi connectivity index (χ4v) is 6.35. The van der Waals surface area contributed by atoms with Crippen molar-refractivity contribution in [2.45, 2.75) is 91.3 Å². The zero-order valence-electron chi connectivity index (χ0n) is 21.8. The molecule has 0 spiro atoms. The van der Waals surface area contributed by atoms with Crippen LogP contribution in [0, 0.1) is 23.7 Å². The lowest BCUT2D eigenvalue weighted by Gasteiger charge is -2.52. The quantitative estimate of drug-likeness (QED) is 0.237. The second-order valence-electron chi connectivity index (χ2n) is 11.3. The molecule has 1 saturated heterocycles. The van der Waals surface area contributed by atoms with Crippen molar-refractivity contribution in [3.05, 3.63) is 58.7 Å². The van der Waals surface area contributed by atoms with E-state index in [2.05, 4.69) is 73.3 Å². The van der Waals surface area contributed by atoms with Crippen molar-refractivity contribution in [2.75, 3.05) is 0 Å². The topological polar surface area (TPSA) is 52.6 Å². The Bertz CT molecular complexity index is 986. The highest BCUT2D eigenvalue weighted by Crippen LogP contribution is 2.57. The Balaban J connectivity index is 1.68. The largest absolute Gasteiger partial charge is 0.393 e. The van der Waals surface area contributed by atoms with Crippen LogP contribution in [0.5, 0.6) is 0 Å². The Labute approximate surface area is 204 Å². The van der Waals surface area contributed by atoms with Crippen LogP contribution in [0.1, 0.15) is 107 Å². The molecular formula is C30H40O4. The van der Waals surface area contributed by atoms with Crippen LogP contribution in [0.2, 0.25) is 0 Å². The highest BCUT2D eigenvalue weighted by atomic mass is 16.6. The normalized spacial score (nSPS) is 29.0. The number of benzene rings is 1. The molecule has 4 rings (SSSR count). The van der Waals surface area contributed by atoms with E-state index < -0.39 is 0 Å². The molecule has 0 N–H and O–H groups in total. The van der Waals surface area contributed by atoms with Gasteiger partial charge in [-0.1, -0.05) is 65.8 Å². The van der Waals surface area contributed by atoms with Gasteiger partial charge in [0.05, 0.1) is 24.0 Å². The minimum absolute atomic E-state index is 0.0188. The van der Waals surface area contributed by atoms with Crippen LogP contribution in [-0.4, -0.2) is 18.0 Å². The number of hydrogen-bond acceptors (Lipinski definition) is 4. The molecule has 4 heteroatoms. The Morgan fingerprint density at radius 3 is 2.12 bits per heavy atom. The molecule has 1 saturated carbocycles. The number of fused-ring (bicyclic) bond motifs is 3. The summed E-state index contributed by atoms with van der Waals surface area (Å²) in [6.07, 6.45) is 5.22. The SMILES string of the molecule is C=CC[C@@H]1[C@@H]2C(=CC[C@@H]3C(=O)OC(=O)[C@H]23)[C@@H]1O[C@H](C)c1c(C(C)C)cc(C(C)C)cc1C(C)C. The molecule has 0 amide bonds. The fraction of sp³-hybridized carbons (Fsp3) is 0.600. The first-order valence-corrected chi connectivity index (χ1v) is 13.0. The molecule has 0 unspecified atom stereocenters. The van der Waals surface area contributed by atoms with Gasteiger partial charge in [0.15, 0.2) is 0 Å². The van der Waals surface area contributed by atoms with Gasteiger partial charge in [0.25, 0.3) is 0 Å². The Kier molecular flexibility index (Phi) is 6.92. The predicted molar refractivity (Wildman–Crippen MR) is 135 cm³/mol. The first kappa shape index (κ1) is 24.9. The average molecular weight is 465 g/mol. The van der Waals surface area contributed by atoms with E-state index in [1.807, 2.05) is 6.08 Å². The molecule has 0 bridgehead atoms. The van der Waals surface area contributed by atoms with Crippen molar-refractivity contribution in [1.29, 1.82) is 0 Å².